The van der Waals surface area contributed by atoms with Gasteiger partial charge < -0.3 is 5.32 Å². The number of benzene rings is 2. The van der Waals surface area contributed by atoms with Crippen LogP contribution in [0.25, 0.3) is 0 Å². The Morgan fingerprint density at radius 3 is 2.43 bits per heavy atom. The van der Waals surface area contributed by atoms with Gasteiger partial charge in [0, 0.05) is 21.6 Å². The zero-order chi connectivity index (χ0) is 21.9. The average molecular weight is 443 g/mol. The number of amides is 2. The maximum absolute atomic E-state index is 13.6. The van der Waals surface area contributed by atoms with Gasteiger partial charge in [0.15, 0.2) is 5.69 Å². The van der Waals surface area contributed by atoms with Gasteiger partial charge in [-0.2, -0.15) is 0 Å². The topological polar surface area (TPSA) is 75.2 Å². The Hall–Kier alpha value is -2.77. The monoisotopic (exact) mass is 442 g/mol. The predicted molar refractivity (Wildman–Crippen MR) is 120 cm³/mol. The quantitative estimate of drug-likeness (QED) is 0.615. The van der Waals surface area contributed by atoms with E-state index >= 15 is 0 Å². The fourth-order valence-electron chi connectivity index (χ4n) is 3.08. The van der Waals surface area contributed by atoms with Crippen LogP contribution in [-0.2, 0) is 4.79 Å². The third-order valence-corrected chi connectivity index (χ3v) is 5.09. The van der Waals surface area contributed by atoms with E-state index in [1.807, 2.05) is 64.1 Å². The number of anilines is 1. The number of nitrogens with one attached hydrogen (secondary N) is 1. The molecule has 6 nitrogen and oxygen atoms in total. The maximum atomic E-state index is 13.6. The molecule has 3 aromatic rings. The highest BCUT2D eigenvalue weighted by Gasteiger charge is 2.36. The minimum Gasteiger partial charge on any atom is -0.349 e. The summed E-state index contributed by atoms with van der Waals surface area (Å²) in [5.41, 5.74) is 1.71. The SMILES string of the molecule is Cc1ccc(Cl)cc1N(C(=O)c1csnn1)C(C(=O)NC(C)(C)C)c1ccccc1. The Balaban J connectivity index is 2.21. The average Bonchev–Trinajstić information content (AvgIpc) is 3.21. The number of aryl methyl sites for hydroxylation is 1. The van der Waals surface area contributed by atoms with Crippen molar-refractivity contribution in [2.75, 3.05) is 4.90 Å². The summed E-state index contributed by atoms with van der Waals surface area (Å²) in [6.45, 7) is 7.56. The Bertz CT molecular complexity index is 1030. The maximum Gasteiger partial charge on any atom is 0.280 e. The Labute approximate surface area is 185 Å². The summed E-state index contributed by atoms with van der Waals surface area (Å²) in [6, 6.07) is 13.5. The Morgan fingerprint density at radius 1 is 1.13 bits per heavy atom. The van der Waals surface area contributed by atoms with Crippen LogP contribution < -0.4 is 10.2 Å². The van der Waals surface area contributed by atoms with Crippen molar-refractivity contribution in [2.45, 2.75) is 39.3 Å². The third kappa shape index (κ3) is 5.04. The van der Waals surface area contributed by atoms with Crippen molar-refractivity contribution >= 4 is 40.6 Å². The van der Waals surface area contributed by atoms with E-state index in [2.05, 4.69) is 14.9 Å². The Morgan fingerprint density at radius 2 is 1.83 bits per heavy atom. The smallest absolute Gasteiger partial charge is 0.280 e. The van der Waals surface area contributed by atoms with Gasteiger partial charge in [-0.1, -0.05) is 52.5 Å². The molecule has 1 N–H and O–H groups in total. The molecule has 0 aliphatic heterocycles. The molecule has 0 aliphatic rings. The lowest BCUT2D eigenvalue weighted by Gasteiger charge is -2.34. The molecule has 3 rings (SSSR count). The van der Waals surface area contributed by atoms with Crippen LogP contribution in [0.4, 0.5) is 5.69 Å². The fourth-order valence-corrected chi connectivity index (χ4v) is 3.68. The highest BCUT2D eigenvalue weighted by Crippen LogP contribution is 2.34. The van der Waals surface area contributed by atoms with Crippen molar-refractivity contribution in [3.05, 3.63) is 75.8 Å². The van der Waals surface area contributed by atoms with Gasteiger partial charge in [0.25, 0.3) is 5.91 Å². The lowest BCUT2D eigenvalue weighted by Crippen LogP contribution is -2.49. The van der Waals surface area contributed by atoms with Crippen LogP contribution in [0, 0.1) is 6.92 Å². The summed E-state index contributed by atoms with van der Waals surface area (Å²) in [5, 5.41) is 8.97. The molecule has 1 aromatic heterocycles. The van der Waals surface area contributed by atoms with Crippen molar-refractivity contribution in [3.63, 3.8) is 0 Å². The number of carbonyl (C=O) groups excluding carboxylic acids is 2. The van der Waals surface area contributed by atoms with E-state index in [1.165, 1.54) is 4.90 Å². The summed E-state index contributed by atoms with van der Waals surface area (Å²) in [7, 11) is 0. The molecule has 0 saturated heterocycles. The second-order valence-corrected chi connectivity index (χ2v) is 8.99. The molecule has 30 heavy (non-hydrogen) atoms. The molecule has 1 heterocycles. The molecule has 0 bridgehead atoms. The summed E-state index contributed by atoms with van der Waals surface area (Å²) in [4.78, 5) is 28.5. The molecule has 1 atom stereocenters. The van der Waals surface area contributed by atoms with Crippen LogP contribution in [0.15, 0.2) is 53.9 Å². The van der Waals surface area contributed by atoms with Crippen molar-refractivity contribution in [1.82, 2.24) is 14.9 Å². The van der Waals surface area contributed by atoms with E-state index in [0.29, 0.717) is 16.3 Å². The van der Waals surface area contributed by atoms with Crippen LogP contribution in [0.1, 0.15) is 48.4 Å². The number of rotatable bonds is 5. The van der Waals surface area contributed by atoms with Gasteiger partial charge in [-0.05, 0) is 62.5 Å². The summed E-state index contributed by atoms with van der Waals surface area (Å²) >= 11 is 7.34. The van der Waals surface area contributed by atoms with E-state index in [-0.39, 0.29) is 11.6 Å². The third-order valence-electron chi connectivity index (χ3n) is 4.35. The lowest BCUT2D eigenvalue weighted by atomic mass is 9.99. The van der Waals surface area contributed by atoms with Gasteiger partial charge in [0.2, 0.25) is 5.91 Å². The van der Waals surface area contributed by atoms with Gasteiger partial charge in [0.05, 0.1) is 0 Å². The number of carbonyl (C=O) groups is 2. The predicted octanol–water partition coefficient (Wildman–Crippen LogP) is 4.80. The molecule has 156 valence electrons. The normalized spacial score (nSPS) is 12.3. The molecule has 8 heteroatoms. The second kappa shape index (κ2) is 8.93. The van der Waals surface area contributed by atoms with Crippen molar-refractivity contribution in [2.24, 2.45) is 0 Å². The molecule has 0 aliphatic carbocycles. The van der Waals surface area contributed by atoms with E-state index < -0.39 is 17.5 Å². The van der Waals surface area contributed by atoms with Crippen LogP contribution >= 0.6 is 23.1 Å². The van der Waals surface area contributed by atoms with Crippen molar-refractivity contribution in [3.8, 4) is 0 Å². The first-order valence-electron chi connectivity index (χ1n) is 9.41. The first-order valence-corrected chi connectivity index (χ1v) is 10.6. The molecule has 0 radical (unpaired) electrons. The zero-order valence-electron chi connectivity index (χ0n) is 17.2. The second-order valence-electron chi connectivity index (χ2n) is 7.95. The standard InChI is InChI=1S/C22H23ClN4O2S/c1-14-10-11-16(23)12-18(14)27(21(29)17-13-30-26-25-17)19(15-8-6-5-7-9-15)20(28)24-22(2,3)4/h5-13,19H,1-4H3,(H,24,28). The minimum atomic E-state index is -0.920. The fraction of sp³-hybridized carbons (Fsp3) is 0.273. The van der Waals surface area contributed by atoms with Gasteiger partial charge in [-0.3, -0.25) is 14.5 Å². The molecule has 0 spiro atoms. The molecular formula is C22H23ClN4O2S. The van der Waals surface area contributed by atoms with Gasteiger partial charge in [-0.15, -0.1) is 5.10 Å². The van der Waals surface area contributed by atoms with E-state index in [4.69, 9.17) is 11.6 Å². The van der Waals surface area contributed by atoms with Crippen molar-refractivity contribution < 1.29 is 9.59 Å². The lowest BCUT2D eigenvalue weighted by molar-refractivity contribution is -0.123. The highest BCUT2D eigenvalue weighted by molar-refractivity contribution is 7.03. The van der Waals surface area contributed by atoms with Gasteiger partial charge >= 0.3 is 0 Å². The van der Waals surface area contributed by atoms with Gasteiger partial charge in [0.1, 0.15) is 6.04 Å². The number of hydrogen-bond donors (Lipinski definition) is 1. The minimum absolute atomic E-state index is 0.170. The molecular weight excluding hydrogens is 420 g/mol. The van der Waals surface area contributed by atoms with Crippen LogP contribution in [-0.4, -0.2) is 26.9 Å². The summed E-state index contributed by atoms with van der Waals surface area (Å²) < 4.78 is 3.81. The van der Waals surface area contributed by atoms with Crippen LogP contribution in [0.2, 0.25) is 5.02 Å². The number of halogens is 1. The molecule has 2 amide bonds. The highest BCUT2D eigenvalue weighted by atomic mass is 35.5. The first-order chi connectivity index (χ1) is 14.2. The van der Waals surface area contributed by atoms with Gasteiger partial charge in [-0.25, -0.2) is 0 Å². The molecule has 2 aromatic carbocycles. The Kier molecular flexibility index (Phi) is 6.53. The largest absolute Gasteiger partial charge is 0.349 e. The number of hydrogen-bond acceptors (Lipinski definition) is 5. The number of aromatic nitrogens is 2. The first kappa shape index (κ1) is 21.9. The van der Waals surface area contributed by atoms with E-state index in [0.717, 1.165) is 17.1 Å². The zero-order valence-corrected chi connectivity index (χ0v) is 18.8. The van der Waals surface area contributed by atoms with Crippen molar-refractivity contribution in [1.29, 1.82) is 0 Å². The van der Waals surface area contributed by atoms with Crippen LogP contribution in [0.5, 0.6) is 0 Å². The van der Waals surface area contributed by atoms with Crippen LogP contribution in [0.3, 0.4) is 0 Å². The number of nitrogens with zero attached hydrogens (tertiary/aromatic N) is 3. The van der Waals surface area contributed by atoms with E-state index in [9.17, 15) is 9.59 Å². The molecule has 1 unspecified atom stereocenters. The summed E-state index contributed by atoms with van der Waals surface area (Å²) in [5.74, 6) is -0.725. The molecule has 0 saturated carbocycles. The van der Waals surface area contributed by atoms with E-state index in [1.54, 1.807) is 17.5 Å². The summed E-state index contributed by atoms with van der Waals surface area (Å²) in [6.07, 6.45) is 0. The molecule has 0 fully saturated rings.